The Kier molecular flexibility index (Phi) is 35.2. The van der Waals surface area contributed by atoms with Gasteiger partial charge in [0.05, 0.1) is 0 Å². The van der Waals surface area contributed by atoms with Crippen LogP contribution in [0.15, 0.2) is 48.6 Å². The number of aliphatic carboxylic acids is 1. The number of unbranched alkanes of at least 4 members (excludes halogenated alkanes) is 18. The summed E-state index contributed by atoms with van der Waals surface area (Å²) < 4.78 is 5.91. The molecule has 1 unspecified atom stereocenters. The lowest BCUT2D eigenvalue weighted by Crippen LogP contribution is -2.28. The predicted molar refractivity (Wildman–Crippen MR) is 203 cm³/mol. The number of nitrogens with one attached hydrogen (secondary N) is 1. The fraction of sp³-hybridized carbons (Fsp3) is 0.738. The first-order valence-corrected chi connectivity index (χ1v) is 19.8. The average Bonchev–Trinajstić information content (AvgIpc) is 3.07. The molecule has 0 aromatic carbocycles. The smallest absolute Gasteiger partial charge is 0.322 e. The molecule has 0 aliphatic rings. The number of esters is 1. The van der Waals surface area contributed by atoms with E-state index in [2.05, 4.69) is 67.8 Å². The third-order valence-electron chi connectivity index (χ3n) is 8.46. The van der Waals surface area contributed by atoms with E-state index in [1.165, 1.54) is 77.0 Å². The Hall–Kier alpha value is -2.63. The van der Waals surface area contributed by atoms with Gasteiger partial charge in [-0.3, -0.25) is 14.4 Å². The van der Waals surface area contributed by atoms with Gasteiger partial charge < -0.3 is 15.2 Å². The number of allylic oxidation sites excluding steroid dienone is 7. The monoisotopic (exact) mass is 672 g/mol. The van der Waals surface area contributed by atoms with Crippen molar-refractivity contribution in [2.24, 2.45) is 0 Å². The Labute approximate surface area is 295 Å². The Morgan fingerprint density at radius 3 is 1.56 bits per heavy atom. The highest BCUT2D eigenvalue weighted by atomic mass is 16.5. The quantitative estimate of drug-likeness (QED) is 0.0397. The van der Waals surface area contributed by atoms with E-state index in [1.807, 2.05) is 0 Å². The van der Waals surface area contributed by atoms with E-state index in [4.69, 9.17) is 9.84 Å². The molecule has 48 heavy (non-hydrogen) atoms. The Balaban J connectivity index is 4.23. The minimum absolute atomic E-state index is 0.0846. The molecular formula is C42H73NO5. The van der Waals surface area contributed by atoms with E-state index >= 15 is 0 Å². The second kappa shape index (κ2) is 37.2. The molecule has 0 saturated carbocycles. The van der Waals surface area contributed by atoms with Crippen molar-refractivity contribution < 1.29 is 24.2 Å². The average molecular weight is 672 g/mol. The summed E-state index contributed by atoms with van der Waals surface area (Å²) in [6.45, 7) is 4.17. The topological polar surface area (TPSA) is 92.7 Å². The predicted octanol–water partition coefficient (Wildman–Crippen LogP) is 11.9. The van der Waals surface area contributed by atoms with E-state index in [9.17, 15) is 14.4 Å². The molecule has 1 amide bonds. The Morgan fingerprint density at radius 1 is 0.562 bits per heavy atom. The van der Waals surface area contributed by atoms with Gasteiger partial charge in [0, 0.05) is 12.8 Å². The molecule has 0 heterocycles. The molecule has 2 N–H and O–H groups in total. The molecule has 1 atom stereocenters. The first-order chi connectivity index (χ1) is 23.5. The molecule has 276 valence electrons. The minimum Gasteiger partial charge on any atom is -0.480 e. The molecule has 0 aliphatic heterocycles. The minimum atomic E-state index is -1.02. The summed E-state index contributed by atoms with van der Waals surface area (Å²) >= 11 is 0. The Bertz CT molecular complexity index is 875. The number of hydrogen-bond donors (Lipinski definition) is 2. The van der Waals surface area contributed by atoms with Crippen LogP contribution in [0.3, 0.4) is 0 Å². The van der Waals surface area contributed by atoms with E-state index < -0.39 is 5.97 Å². The lowest BCUT2D eigenvalue weighted by molar-refractivity contribution is -0.147. The highest BCUT2D eigenvalue weighted by molar-refractivity contribution is 5.80. The molecule has 0 bridgehead atoms. The van der Waals surface area contributed by atoms with Gasteiger partial charge in [-0.15, -0.1) is 0 Å². The highest BCUT2D eigenvalue weighted by Crippen LogP contribution is 2.15. The van der Waals surface area contributed by atoms with Crippen LogP contribution in [0.1, 0.15) is 187 Å². The largest absolute Gasteiger partial charge is 0.480 e. The fourth-order valence-electron chi connectivity index (χ4n) is 5.49. The third kappa shape index (κ3) is 36.2. The maximum Gasteiger partial charge on any atom is 0.322 e. The fourth-order valence-corrected chi connectivity index (χ4v) is 5.49. The first kappa shape index (κ1) is 45.4. The summed E-state index contributed by atoms with van der Waals surface area (Å²) in [5, 5.41) is 11.0. The summed E-state index contributed by atoms with van der Waals surface area (Å²) in [6, 6.07) is 0. The van der Waals surface area contributed by atoms with Crippen LogP contribution in [0, 0.1) is 0 Å². The van der Waals surface area contributed by atoms with Crippen LogP contribution in [0.4, 0.5) is 0 Å². The Morgan fingerprint density at radius 2 is 1.02 bits per heavy atom. The standard InChI is InChI=1S/C42H73NO5/c1-3-5-7-9-11-13-14-15-16-17-18-19-21-23-29-33-37-42(47)48-39(34-30-26-22-20-12-10-8-6-4-2)35-31-27-24-25-28-32-36-40(44)43-38-41(45)46/h13-14,16-17,20,22,30,34,39H,3-12,15,18-19,21,23-29,31-33,35-38H2,1-2H3,(H,43,44)(H,45,46)/b14-13-,17-16-,22-20-,34-30-. The molecule has 0 rings (SSSR count). The zero-order chi connectivity index (χ0) is 35.2. The molecule has 0 saturated heterocycles. The van der Waals surface area contributed by atoms with Gasteiger partial charge in [-0.1, -0.05) is 140 Å². The van der Waals surface area contributed by atoms with Gasteiger partial charge in [0.25, 0.3) is 0 Å². The van der Waals surface area contributed by atoms with Gasteiger partial charge in [-0.2, -0.15) is 0 Å². The van der Waals surface area contributed by atoms with Gasteiger partial charge in [0.15, 0.2) is 0 Å². The number of amides is 1. The van der Waals surface area contributed by atoms with Crippen LogP contribution in [0.25, 0.3) is 0 Å². The maximum atomic E-state index is 12.7. The van der Waals surface area contributed by atoms with Crippen molar-refractivity contribution >= 4 is 17.8 Å². The van der Waals surface area contributed by atoms with Crippen LogP contribution in [0.2, 0.25) is 0 Å². The summed E-state index contributed by atoms with van der Waals surface area (Å²) in [4.78, 5) is 34.8. The number of carbonyl (C=O) groups is 3. The van der Waals surface area contributed by atoms with Gasteiger partial charge in [-0.25, -0.2) is 0 Å². The normalized spacial score (nSPS) is 12.5. The molecule has 0 fully saturated rings. The van der Waals surface area contributed by atoms with E-state index in [0.717, 1.165) is 83.5 Å². The van der Waals surface area contributed by atoms with Gasteiger partial charge >= 0.3 is 11.9 Å². The van der Waals surface area contributed by atoms with Crippen molar-refractivity contribution in [1.82, 2.24) is 5.32 Å². The van der Waals surface area contributed by atoms with Crippen molar-refractivity contribution in [3.63, 3.8) is 0 Å². The van der Waals surface area contributed by atoms with Crippen molar-refractivity contribution in [3.8, 4) is 0 Å². The second-order valence-corrected chi connectivity index (χ2v) is 13.2. The number of rotatable bonds is 35. The summed E-state index contributed by atoms with van der Waals surface area (Å²) in [6.07, 6.45) is 46.7. The molecule has 0 aromatic rings. The lowest BCUT2D eigenvalue weighted by atomic mass is 10.1. The van der Waals surface area contributed by atoms with Gasteiger partial charge in [0.2, 0.25) is 5.91 Å². The SMILES string of the molecule is CCCCCC/C=C\C/C=C\CCCCCCCC(=O)OC(/C=C\C/C=C\CCCCCC)CCCCCCCCC(=O)NCC(=O)O. The van der Waals surface area contributed by atoms with Crippen LogP contribution in [0.5, 0.6) is 0 Å². The molecule has 0 spiro atoms. The molecule has 0 aliphatic carbocycles. The number of ether oxygens (including phenoxy) is 1. The van der Waals surface area contributed by atoms with Crippen LogP contribution < -0.4 is 5.32 Å². The molecule has 0 aromatic heterocycles. The highest BCUT2D eigenvalue weighted by Gasteiger charge is 2.11. The van der Waals surface area contributed by atoms with Crippen molar-refractivity contribution in [1.29, 1.82) is 0 Å². The van der Waals surface area contributed by atoms with Crippen molar-refractivity contribution in [2.45, 2.75) is 193 Å². The number of carbonyl (C=O) groups excluding carboxylic acids is 2. The molecule has 6 heteroatoms. The van der Waals surface area contributed by atoms with Crippen molar-refractivity contribution in [3.05, 3.63) is 48.6 Å². The van der Waals surface area contributed by atoms with E-state index in [0.29, 0.717) is 12.8 Å². The van der Waals surface area contributed by atoms with Crippen molar-refractivity contribution in [2.75, 3.05) is 6.54 Å². The summed E-state index contributed by atoms with van der Waals surface area (Å²) in [5.74, 6) is -1.30. The molecule has 6 nitrogen and oxygen atoms in total. The third-order valence-corrected chi connectivity index (χ3v) is 8.46. The lowest BCUT2D eigenvalue weighted by Gasteiger charge is -2.14. The summed E-state index contributed by atoms with van der Waals surface area (Å²) in [7, 11) is 0. The van der Waals surface area contributed by atoms with E-state index in [-0.39, 0.29) is 24.5 Å². The van der Waals surface area contributed by atoms with Gasteiger partial charge in [0.1, 0.15) is 12.6 Å². The maximum absolute atomic E-state index is 12.7. The van der Waals surface area contributed by atoms with Crippen LogP contribution in [-0.4, -0.2) is 35.6 Å². The number of carboxylic acids is 1. The van der Waals surface area contributed by atoms with Crippen LogP contribution >= 0.6 is 0 Å². The zero-order valence-electron chi connectivity index (χ0n) is 31.1. The van der Waals surface area contributed by atoms with Gasteiger partial charge in [-0.05, 0) is 83.1 Å². The van der Waals surface area contributed by atoms with E-state index in [1.54, 1.807) is 0 Å². The second-order valence-electron chi connectivity index (χ2n) is 13.2. The first-order valence-electron chi connectivity index (χ1n) is 19.8. The molecular weight excluding hydrogens is 598 g/mol. The molecule has 0 radical (unpaired) electrons. The van der Waals surface area contributed by atoms with Crippen LogP contribution in [-0.2, 0) is 19.1 Å². The number of hydrogen-bond acceptors (Lipinski definition) is 4. The number of carboxylic acid groups (broad SMARTS) is 1. The zero-order valence-corrected chi connectivity index (χ0v) is 31.1. The summed E-state index contributed by atoms with van der Waals surface area (Å²) in [5.41, 5.74) is 0.